The smallest absolute Gasteiger partial charge is 0.154 e. The number of rotatable bonds is 0. The summed E-state index contributed by atoms with van der Waals surface area (Å²) in [6, 6.07) is 0. The molecule has 2 saturated heterocycles. The molecule has 14 heavy (non-hydrogen) atoms. The Morgan fingerprint density at radius 3 is 2.07 bits per heavy atom. The van der Waals surface area contributed by atoms with Crippen LogP contribution in [0.1, 0.15) is 13.3 Å². The summed E-state index contributed by atoms with van der Waals surface area (Å²) in [6.45, 7) is 6.17. The Morgan fingerprint density at radius 1 is 0.929 bits per heavy atom. The van der Waals surface area contributed by atoms with Crippen LogP contribution in [0.2, 0.25) is 0 Å². The van der Waals surface area contributed by atoms with E-state index in [1.54, 1.807) is 0 Å². The van der Waals surface area contributed by atoms with Crippen LogP contribution in [0.5, 0.6) is 0 Å². The predicted octanol–water partition coefficient (Wildman–Crippen LogP) is 0.802. The van der Waals surface area contributed by atoms with E-state index in [9.17, 15) is 0 Å². The Kier molecular flexibility index (Phi) is 3.38. The van der Waals surface area contributed by atoms with E-state index in [0.717, 1.165) is 19.6 Å². The zero-order valence-electron chi connectivity index (χ0n) is 8.66. The van der Waals surface area contributed by atoms with Gasteiger partial charge in [-0.3, -0.25) is 0 Å². The molecule has 0 N–H and O–H groups in total. The Labute approximate surface area is 84.5 Å². The summed E-state index contributed by atoms with van der Waals surface area (Å²) < 4.78 is 22.1. The molecular weight excluding hydrogens is 184 g/mol. The third-order valence-electron chi connectivity index (χ3n) is 2.64. The molecular formula is C10H18O4. The minimum Gasteiger partial charge on any atom is -0.381 e. The summed E-state index contributed by atoms with van der Waals surface area (Å²) >= 11 is 0. The second-order valence-electron chi connectivity index (χ2n) is 4.15. The van der Waals surface area contributed by atoms with Crippen LogP contribution in [0.4, 0.5) is 0 Å². The summed E-state index contributed by atoms with van der Waals surface area (Å²) in [6.07, 6.45) is 0.889. The van der Waals surface area contributed by atoms with Crippen LogP contribution < -0.4 is 0 Å². The minimum atomic E-state index is -0.0916. The van der Waals surface area contributed by atoms with Gasteiger partial charge in [-0.15, -0.1) is 0 Å². The molecule has 0 bridgehead atoms. The molecule has 0 aromatic heterocycles. The number of hydrogen-bond acceptors (Lipinski definition) is 4. The van der Waals surface area contributed by atoms with Gasteiger partial charge in [0, 0.05) is 13.2 Å². The van der Waals surface area contributed by atoms with Crippen molar-refractivity contribution in [3.63, 3.8) is 0 Å². The molecule has 1 spiro atoms. The van der Waals surface area contributed by atoms with E-state index in [2.05, 4.69) is 0 Å². The highest BCUT2D eigenvalue weighted by molar-refractivity contribution is 4.82. The fraction of sp³-hybridized carbons (Fsp3) is 1.00. The van der Waals surface area contributed by atoms with E-state index in [1.165, 1.54) is 0 Å². The van der Waals surface area contributed by atoms with Crippen molar-refractivity contribution < 1.29 is 18.9 Å². The lowest BCUT2D eigenvalue weighted by Crippen LogP contribution is -2.48. The second kappa shape index (κ2) is 4.57. The summed E-state index contributed by atoms with van der Waals surface area (Å²) in [4.78, 5) is 0. The summed E-state index contributed by atoms with van der Waals surface area (Å²) in [5.74, 6) is 0. The monoisotopic (exact) mass is 202 g/mol. The maximum Gasteiger partial charge on any atom is 0.154 e. The molecule has 4 nitrogen and oxygen atoms in total. The van der Waals surface area contributed by atoms with Crippen molar-refractivity contribution in [3.8, 4) is 0 Å². The van der Waals surface area contributed by atoms with Crippen LogP contribution in [0.3, 0.4) is 0 Å². The highest BCUT2D eigenvalue weighted by Gasteiger charge is 2.37. The van der Waals surface area contributed by atoms with E-state index in [4.69, 9.17) is 18.9 Å². The molecule has 0 aromatic carbocycles. The fourth-order valence-corrected chi connectivity index (χ4v) is 1.73. The lowest BCUT2D eigenvalue weighted by Gasteiger charge is -2.39. The average molecular weight is 202 g/mol. The van der Waals surface area contributed by atoms with Crippen LogP contribution in [0.15, 0.2) is 0 Å². The molecule has 0 aliphatic carbocycles. The van der Waals surface area contributed by atoms with Gasteiger partial charge in [-0.05, 0) is 13.3 Å². The topological polar surface area (TPSA) is 36.9 Å². The van der Waals surface area contributed by atoms with E-state index in [-0.39, 0.29) is 11.7 Å². The quantitative estimate of drug-likeness (QED) is 0.582. The van der Waals surface area contributed by atoms with E-state index in [0.29, 0.717) is 26.4 Å². The first-order valence-corrected chi connectivity index (χ1v) is 5.20. The first kappa shape index (κ1) is 10.4. The highest BCUT2D eigenvalue weighted by Crippen LogP contribution is 2.26. The molecule has 0 atom stereocenters. The molecule has 2 rings (SSSR count). The average Bonchev–Trinajstić information content (AvgIpc) is 2.16. The van der Waals surface area contributed by atoms with Gasteiger partial charge in [-0.2, -0.15) is 0 Å². The molecule has 0 aromatic rings. The van der Waals surface area contributed by atoms with Gasteiger partial charge in [0.1, 0.15) is 0 Å². The minimum absolute atomic E-state index is 0.0765. The first-order valence-electron chi connectivity index (χ1n) is 5.20. The molecule has 2 fully saturated rings. The molecule has 0 saturated carbocycles. The van der Waals surface area contributed by atoms with Gasteiger partial charge in [0.2, 0.25) is 0 Å². The van der Waals surface area contributed by atoms with E-state index >= 15 is 0 Å². The van der Waals surface area contributed by atoms with Crippen molar-refractivity contribution in [1.29, 1.82) is 0 Å². The Hall–Kier alpha value is -0.160. The zero-order valence-corrected chi connectivity index (χ0v) is 8.66. The standard InChI is InChI=1S/C10H18O4/c1-9-13-7-10(8-14-9)5-11-3-2-4-12-6-10/h9H,2-8H2,1H3. The fourth-order valence-electron chi connectivity index (χ4n) is 1.73. The van der Waals surface area contributed by atoms with Gasteiger partial charge in [0.05, 0.1) is 31.8 Å². The SMILES string of the molecule is CC1OCC2(COCCCOC2)CO1. The summed E-state index contributed by atoms with van der Waals surface area (Å²) in [7, 11) is 0. The van der Waals surface area contributed by atoms with Crippen LogP contribution in [-0.4, -0.2) is 45.9 Å². The van der Waals surface area contributed by atoms with Crippen molar-refractivity contribution in [1.82, 2.24) is 0 Å². The van der Waals surface area contributed by atoms with Crippen molar-refractivity contribution >= 4 is 0 Å². The van der Waals surface area contributed by atoms with Crippen molar-refractivity contribution in [2.24, 2.45) is 5.41 Å². The van der Waals surface area contributed by atoms with Gasteiger partial charge in [-0.25, -0.2) is 0 Å². The Balaban J connectivity index is 1.91. The highest BCUT2D eigenvalue weighted by atomic mass is 16.7. The molecule has 0 unspecified atom stereocenters. The van der Waals surface area contributed by atoms with Gasteiger partial charge in [0.15, 0.2) is 6.29 Å². The second-order valence-corrected chi connectivity index (χ2v) is 4.15. The van der Waals surface area contributed by atoms with Gasteiger partial charge < -0.3 is 18.9 Å². The summed E-state index contributed by atoms with van der Waals surface area (Å²) in [5.41, 5.74) is -0.0765. The van der Waals surface area contributed by atoms with Gasteiger partial charge in [0.25, 0.3) is 0 Å². The lowest BCUT2D eigenvalue weighted by atomic mass is 9.91. The van der Waals surface area contributed by atoms with Crippen molar-refractivity contribution in [2.45, 2.75) is 19.6 Å². The normalized spacial score (nSPS) is 29.8. The van der Waals surface area contributed by atoms with Crippen LogP contribution in [0, 0.1) is 5.41 Å². The third-order valence-corrected chi connectivity index (χ3v) is 2.64. The number of hydrogen-bond donors (Lipinski definition) is 0. The molecule has 0 amide bonds. The molecule has 4 heteroatoms. The summed E-state index contributed by atoms with van der Waals surface area (Å²) in [5, 5.41) is 0. The maximum atomic E-state index is 5.56. The number of ether oxygens (including phenoxy) is 4. The van der Waals surface area contributed by atoms with Crippen molar-refractivity contribution in [2.75, 3.05) is 39.6 Å². The molecule has 2 aliphatic heterocycles. The zero-order chi connectivity index (χ0) is 9.86. The maximum absolute atomic E-state index is 5.56. The Morgan fingerprint density at radius 2 is 1.50 bits per heavy atom. The van der Waals surface area contributed by atoms with Crippen molar-refractivity contribution in [3.05, 3.63) is 0 Å². The predicted molar refractivity (Wildman–Crippen MR) is 50.1 cm³/mol. The van der Waals surface area contributed by atoms with Crippen LogP contribution in [0.25, 0.3) is 0 Å². The largest absolute Gasteiger partial charge is 0.381 e. The Bertz CT molecular complexity index is 157. The van der Waals surface area contributed by atoms with E-state index in [1.807, 2.05) is 6.92 Å². The molecule has 82 valence electrons. The third kappa shape index (κ3) is 2.45. The lowest BCUT2D eigenvalue weighted by molar-refractivity contribution is -0.246. The van der Waals surface area contributed by atoms with Crippen LogP contribution >= 0.6 is 0 Å². The molecule has 0 radical (unpaired) electrons. The van der Waals surface area contributed by atoms with Gasteiger partial charge in [-0.1, -0.05) is 0 Å². The van der Waals surface area contributed by atoms with Crippen LogP contribution in [-0.2, 0) is 18.9 Å². The molecule has 2 heterocycles. The molecule has 2 aliphatic rings. The van der Waals surface area contributed by atoms with E-state index < -0.39 is 0 Å². The first-order chi connectivity index (χ1) is 6.81. The van der Waals surface area contributed by atoms with Gasteiger partial charge >= 0.3 is 0 Å².